The summed E-state index contributed by atoms with van der Waals surface area (Å²) in [7, 11) is 0. The lowest BCUT2D eigenvalue weighted by atomic mass is 9.87. The summed E-state index contributed by atoms with van der Waals surface area (Å²) in [5.41, 5.74) is 0. The molecule has 0 aromatic carbocycles. The monoisotopic (exact) mass is 238 g/mol. The Morgan fingerprint density at radius 1 is 1.12 bits per heavy atom. The molecule has 3 atom stereocenters. The number of nitrogens with one attached hydrogen (secondary N) is 2. The highest BCUT2D eigenvalue weighted by Crippen LogP contribution is 2.33. The van der Waals surface area contributed by atoms with E-state index >= 15 is 0 Å². The van der Waals surface area contributed by atoms with Crippen LogP contribution < -0.4 is 10.6 Å². The molecule has 17 heavy (non-hydrogen) atoms. The highest BCUT2D eigenvalue weighted by atomic mass is 16.3. The third-order valence-corrected chi connectivity index (χ3v) is 4.68. The normalized spacial score (nSPS) is 44.9. The summed E-state index contributed by atoms with van der Waals surface area (Å²) in [6, 6.07) is 1.31. The second kappa shape index (κ2) is 4.58. The topological polar surface area (TPSA) is 61.4 Å². The summed E-state index contributed by atoms with van der Waals surface area (Å²) in [5.74, 6) is 0.437. The van der Waals surface area contributed by atoms with Gasteiger partial charge in [0.05, 0.1) is 12.0 Å². The molecule has 1 saturated carbocycles. The minimum Gasteiger partial charge on any atom is -0.393 e. The van der Waals surface area contributed by atoms with Crippen LogP contribution in [0.5, 0.6) is 0 Å². The molecule has 3 unspecified atom stereocenters. The van der Waals surface area contributed by atoms with Crippen LogP contribution in [0.25, 0.3) is 0 Å². The SMILES string of the molecule is O=C(NC1CCC(O)CC1)C1CC2CCC1N2. The third kappa shape index (κ3) is 2.33. The Labute approximate surface area is 102 Å². The van der Waals surface area contributed by atoms with E-state index in [1.807, 2.05) is 0 Å². The van der Waals surface area contributed by atoms with Gasteiger partial charge in [-0.3, -0.25) is 4.79 Å². The van der Waals surface area contributed by atoms with Crippen LogP contribution >= 0.6 is 0 Å². The van der Waals surface area contributed by atoms with Gasteiger partial charge in [-0.15, -0.1) is 0 Å². The molecule has 2 aliphatic heterocycles. The number of hydrogen-bond acceptors (Lipinski definition) is 3. The number of rotatable bonds is 2. The summed E-state index contributed by atoms with van der Waals surface area (Å²) in [5, 5.41) is 16.1. The van der Waals surface area contributed by atoms with Gasteiger partial charge in [-0.25, -0.2) is 0 Å². The standard InChI is InChI=1S/C13H22N2O2/c16-10-4-1-8(2-5-10)15-13(17)11-7-9-3-6-12(11)14-9/h8-12,14,16H,1-7H2,(H,15,17). The number of carbonyl (C=O) groups excluding carboxylic acids is 1. The molecular formula is C13H22N2O2. The molecule has 1 aliphatic carbocycles. The van der Waals surface area contributed by atoms with Crippen molar-refractivity contribution >= 4 is 5.91 Å². The Balaban J connectivity index is 1.50. The zero-order valence-corrected chi connectivity index (χ0v) is 10.2. The Kier molecular flexibility index (Phi) is 3.09. The molecule has 4 heteroatoms. The van der Waals surface area contributed by atoms with Crippen molar-refractivity contribution in [2.75, 3.05) is 0 Å². The van der Waals surface area contributed by atoms with E-state index in [4.69, 9.17) is 0 Å². The van der Waals surface area contributed by atoms with Gasteiger partial charge in [0.1, 0.15) is 0 Å². The largest absolute Gasteiger partial charge is 0.393 e. The van der Waals surface area contributed by atoms with Crippen LogP contribution in [0.1, 0.15) is 44.9 Å². The number of aliphatic hydroxyl groups is 1. The minimum absolute atomic E-state index is 0.146. The van der Waals surface area contributed by atoms with Crippen molar-refractivity contribution in [3.8, 4) is 0 Å². The second-order valence-corrected chi connectivity index (χ2v) is 5.90. The van der Waals surface area contributed by atoms with Gasteiger partial charge >= 0.3 is 0 Å². The Morgan fingerprint density at radius 2 is 1.88 bits per heavy atom. The third-order valence-electron chi connectivity index (χ3n) is 4.68. The lowest BCUT2D eigenvalue weighted by Crippen LogP contribution is -2.44. The molecular weight excluding hydrogens is 216 g/mol. The van der Waals surface area contributed by atoms with Crippen LogP contribution in [-0.2, 0) is 4.79 Å². The van der Waals surface area contributed by atoms with Crippen molar-refractivity contribution in [3.63, 3.8) is 0 Å². The molecule has 1 amide bonds. The van der Waals surface area contributed by atoms with Crippen molar-refractivity contribution < 1.29 is 9.90 Å². The van der Waals surface area contributed by atoms with E-state index in [2.05, 4.69) is 10.6 Å². The number of fused-ring (bicyclic) bond motifs is 2. The summed E-state index contributed by atoms with van der Waals surface area (Å²) in [4.78, 5) is 12.2. The number of hydrogen-bond donors (Lipinski definition) is 3. The van der Waals surface area contributed by atoms with Gasteiger partial charge in [0.25, 0.3) is 0 Å². The summed E-state index contributed by atoms with van der Waals surface area (Å²) in [6.07, 6.45) is 6.80. The first-order chi connectivity index (χ1) is 8.22. The van der Waals surface area contributed by atoms with Crippen molar-refractivity contribution in [1.29, 1.82) is 0 Å². The van der Waals surface area contributed by atoms with E-state index in [0.29, 0.717) is 18.1 Å². The zero-order chi connectivity index (χ0) is 11.8. The fourth-order valence-electron chi connectivity index (χ4n) is 3.64. The predicted octanol–water partition coefficient (Wildman–Crippen LogP) is 0.547. The van der Waals surface area contributed by atoms with Crippen LogP contribution in [0, 0.1) is 5.92 Å². The van der Waals surface area contributed by atoms with E-state index in [0.717, 1.165) is 38.5 Å². The second-order valence-electron chi connectivity index (χ2n) is 5.90. The van der Waals surface area contributed by atoms with Crippen molar-refractivity contribution in [1.82, 2.24) is 10.6 Å². The van der Waals surface area contributed by atoms with Gasteiger partial charge in [-0.2, -0.15) is 0 Å². The first-order valence-electron chi connectivity index (χ1n) is 6.97. The van der Waals surface area contributed by atoms with Gasteiger partial charge in [-0.1, -0.05) is 0 Å². The van der Waals surface area contributed by atoms with Crippen molar-refractivity contribution in [3.05, 3.63) is 0 Å². The van der Waals surface area contributed by atoms with Gasteiger partial charge in [0.15, 0.2) is 0 Å². The van der Waals surface area contributed by atoms with Gasteiger partial charge in [0, 0.05) is 18.1 Å². The van der Waals surface area contributed by atoms with E-state index in [1.54, 1.807) is 0 Å². The lowest BCUT2D eigenvalue weighted by molar-refractivity contribution is -0.126. The van der Waals surface area contributed by atoms with Crippen LogP contribution in [0.2, 0.25) is 0 Å². The first-order valence-corrected chi connectivity index (χ1v) is 6.97. The summed E-state index contributed by atoms with van der Waals surface area (Å²) >= 11 is 0. The van der Waals surface area contributed by atoms with E-state index in [1.165, 1.54) is 6.42 Å². The van der Waals surface area contributed by atoms with Crippen molar-refractivity contribution in [2.24, 2.45) is 5.92 Å². The fraction of sp³-hybridized carbons (Fsp3) is 0.923. The van der Waals surface area contributed by atoms with Gasteiger partial charge in [0.2, 0.25) is 5.91 Å². The quantitative estimate of drug-likeness (QED) is 0.658. The maximum Gasteiger partial charge on any atom is 0.224 e. The molecule has 4 nitrogen and oxygen atoms in total. The summed E-state index contributed by atoms with van der Waals surface area (Å²) in [6.45, 7) is 0. The number of carbonyl (C=O) groups is 1. The predicted molar refractivity (Wildman–Crippen MR) is 64.5 cm³/mol. The molecule has 3 rings (SSSR count). The van der Waals surface area contributed by atoms with Crippen molar-refractivity contribution in [2.45, 2.75) is 69.2 Å². The molecule has 2 heterocycles. The molecule has 3 aliphatic rings. The first kappa shape index (κ1) is 11.5. The van der Waals surface area contributed by atoms with Gasteiger partial charge in [-0.05, 0) is 44.9 Å². The molecule has 96 valence electrons. The fourth-order valence-corrected chi connectivity index (χ4v) is 3.64. The van der Waals surface area contributed by atoms with Crippen LogP contribution in [0.3, 0.4) is 0 Å². The molecule has 0 radical (unpaired) electrons. The number of amides is 1. The lowest BCUT2D eigenvalue weighted by Gasteiger charge is -2.28. The molecule has 0 spiro atoms. The highest BCUT2D eigenvalue weighted by Gasteiger charge is 2.43. The highest BCUT2D eigenvalue weighted by molar-refractivity contribution is 5.80. The van der Waals surface area contributed by atoms with E-state index < -0.39 is 0 Å². The average molecular weight is 238 g/mol. The summed E-state index contributed by atoms with van der Waals surface area (Å²) < 4.78 is 0. The molecule has 0 aromatic rings. The van der Waals surface area contributed by atoms with Crippen LogP contribution in [0.15, 0.2) is 0 Å². The van der Waals surface area contributed by atoms with E-state index in [9.17, 15) is 9.90 Å². The molecule has 2 bridgehead atoms. The van der Waals surface area contributed by atoms with E-state index in [-0.39, 0.29) is 17.9 Å². The Morgan fingerprint density at radius 3 is 2.47 bits per heavy atom. The zero-order valence-electron chi connectivity index (χ0n) is 10.2. The average Bonchev–Trinajstić information content (AvgIpc) is 2.94. The molecule has 3 fully saturated rings. The maximum atomic E-state index is 12.2. The minimum atomic E-state index is -0.146. The molecule has 0 aromatic heterocycles. The Hall–Kier alpha value is -0.610. The molecule has 2 saturated heterocycles. The van der Waals surface area contributed by atoms with Gasteiger partial charge < -0.3 is 15.7 Å². The number of aliphatic hydroxyl groups excluding tert-OH is 1. The molecule has 3 N–H and O–H groups in total. The maximum absolute atomic E-state index is 12.2. The van der Waals surface area contributed by atoms with Crippen LogP contribution in [-0.4, -0.2) is 35.2 Å². The Bertz CT molecular complexity index is 300. The smallest absolute Gasteiger partial charge is 0.224 e. The van der Waals surface area contributed by atoms with Crippen LogP contribution in [0.4, 0.5) is 0 Å².